The van der Waals surface area contributed by atoms with Crippen LogP contribution in [0.25, 0.3) is 22.0 Å². The number of ether oxygens (including phenoxy) is 1. The summed E-state index contributed by atoms with van der Waals surface area (Å²) in [5, 5.41) is 13.4. The number of carbonyl (C=O) groups is 2. The van der Waals surface area contributed by atoms with Crippen molar-refractivity contribution in [2.75, 3.05) is 13.7 Å². The molecule has 4 rings (SSSR count). The van der Waals surface area contributed by atoms with Crippen LogP contribution in [0.15, 0.2) is 36.4 Å². The van der Waals surface area contributed by atoms with Crippen LogP contribution < -0.4 is 5.32 Å². The van der Waals surface area contributed by atoms with Crippen LogP contribution in [0.1, 0.15) is 34.3 Å². The third kappa shape index (κ3) is 2.90. The summed E-state index contributed by atoms with van der Waals surface area (Å²) >= 11 is 6.39. The van der Waals surface area contributed by atoms with E-state index in [-0.39, 0.29) is 8.03 Å². The van der Waals surface area contributed by atoms with E-state index >= 15 is 0 Å². The molecule has 0 unspecified atom stereocenters. The third-order valence-corrected chi connectivity index (χ3v) is 5.36. The molecule has 2 aromatic carbocycles. The molecule has 3 aromatic rings. The highest BCUT2D eigenvalue weighted by molar-refractivity contribution is 6.35. The monoisotopic (exact) mass is 400 g/mol. The predicted molar refractivity (Wildman–Crippen MR) is 109 cm³/mol. The number of aliphatic hydroxyl groups is 1. The van der Waals surface area contributed by atoms with E-state index in [0.717, 1.165) is 11.9 Å². The first-order chi connectivity index (χ1) is 13.6. The average molecular weight is 401 g/mol. The van der Waals surface area contributed by atoms with Gasteiger partial charge in [0.25, 0.3) is 11.8 Å². The topological polar surface area (TPSA) is 80.6 Å². The van der Waals surface area contributed by atoms with Crippen molar-refractivity contribution in [3.8, 4) is 11.1 Å². The quantitative estimate of drug-likeness (QED) is 0.489. The Morgan fingerprint density at radius 3 is 2.61 bits per heavy atom. The molecule has 1 aliphatic heterocycles. The van der Waals surface area contributed by atoms with Gasteiger partial charge in [-0.25, -0.2) is 0 Å². The first-order valence-corrected chi connectivity index (χ1v) is 9.34. The van der Waals surface area contributed by atoms with E-state index in [1.165, 1.54) is 0 Å². The Morgan fingerprint density at radius 2 is 1.89 bits per heavy atom. The standard InChI is InChI=1S/C21H19ClN2O4.H2/c1-28-8-4-7-24-12(11-25)9-15-17(24)10-14(13-5-2-3-6-16(13)22)18-19(15)21(27)23-20(18)26;/h2-3,5-6,9-10,25H,4,7-8,11H2,1H3,(H,23,26,27);1H. The maximum absolute atomic E-state index is 12.6. The second-order valence-electron chi connectivity index (χ2n) is 6.66. The molecule has 0 radical (unpaired) electrons. The van der Waals surface area contributed by atoms with E-state index in [9.17, 15) is 14.7 Å². The Morgan fingerprint density at radius 1 is 1.14 bits per heavy atom. The second kappa shape index (κ2) is 7.39. The molecular weight excluding hydrogens is 380 g/mol. The van der Waals surface area contributed by atoms with Crippen molar-refractivity contribution in [2.24, 2.45) is 0 Å². The number of imide groups is 1. The lowest BCUT2D eigenvalue weighted by molar-refractivity contribution is 0.0880. The Hall–Kier alpha value is -2.67. The van der Waals surface area contributed by atoms with Crippen molar-refractivity contribution >= 4 is 34.3 Å². The molecule has 7 heteroatoms. The number of carbonyl (C=O) groups excluding carboxylic acids is 2. The smallest absolute Gasteiger partial charge is 0.259 e. The summed E-state index contributed by atoms with van der Waals surface area (Å²) in [6.07, 6.45) is 0.747. The van der Waals surface area contributed by atoms with Crippen molar-refractivity contribution in [1.82, 2.24) is 9.88 Å². The number of hydrogen-bond donors (Lipinski definition) is 2. The molecule has 0 saturated heterocycles. The van der Waals surface area contributed by atoms with Gasteiger partial charge in [0.1, 0.15) is 0 Å². The number of hydrogen-bond acceptors (Lipinski definition) is 4. The van der Waals surface area contributed by atoms with Gasteiger partial charge >= 0.3 is 0 Å². The molecule has 6 nitrogen and oxygen atoms in total. The first kappa shape index (κ1) is 18.7. The maximum atomic E-state index is 12.6. The van der Waals surface area contributed by atoms with E-state index in [2.05, 4.69) is 5.32 Å². The van der Waals surface area contributed by atoms with Gasteiger partial charge in [-0.05, 0) is 30.2 Å². The Balaban J connectivity index is 0.00000240. The van der Waals surface area contributed by atoms with Crippen molar-refractivity contribution in [3.63, 3.8) is 0 Å². The molecule has 2 amide bonds. The molecule has 28 heavy (non-hydrogen) atoms. The largest absolute Gasteiger partial charge is 0.390 e. The van der Waals surface area contributed by atoms with Crippen LogP contribution in [-0.4, -0.2) is 35.2 Å². The van der Waals surface area contributed by atoms with Crippen LogP contribution in [0, 0.1) is 0 Å². The zero-order valence-electron chi connectivity index (χ0n) is 15.3. The summed E-state index contributed by atoms with van der Waals surface area (Å²) in [7, 11) is 1.64. The minimum absolute atomic E-state index is 0. The molecule has 2 N–H and O–H groups in total. The van der Waals surface area contributed by atoms with Gasteiger partial charge in [0, 0.05) is 48.9 Å². The van der Waals surface area contributed by atoms with Crippen LogP contribution in [0.2, 0.25) is 5.02 Å². The number of nitrogens with zero attached hydrogens (tertiary/aromatic N) is 1. The first-order valence-electron chi connectivity index (χ1n) is 8.96. The molecule has 0 aliphatic carbocycles. The average Bonchev–Trinajstić information content (AvgIpc) is 3.19. The van der Waals surface area contributed by atoms with Gasteiger partial charge in [0.05, 0.1) is 17.7 Å². The number of aryl methyl sites for hydroxylation is 1. The summed E-state index contributed by atoms with van der Waals surface area (Å²) in [4.78, 5) is 25.1. The van der Waals surface area contributed by atoms with Crippen LogP contribution >= 0.6 is 11.6 Å². The predicted octanol–water partition coefficient (Wildman–Crippen LogP) is 3.62. The number of aliphatic hydroxyl groups excluding tert-OH is 1. The summed E-state index contributed by atoms with van der Waals surface area (Å²) in [5.74, 6) is -0.869. The highest BCUT2D eigenvalue weighted by Crippen LogP contribution is 2.39. The molecule has 146 valence electrons. The molecule has 2 heterocycles. The highest BCUT2D eigenvalue weighted by atomic mass is 35.5. The van der Waals surface area contributed by atoms with E-state index in [1.54, 1.807) is 19.2 Å². The van der Waals surface area contributed by atoms with Gasteiger partial charge in [0.2, 0.25) is 0 Å². The SMILES string of the molecule is COCCCn1c(CO)cc2c3c(c(-c4ccccc4Cl)cc21)C(=O)NC3=O.[HH]. The number of halogens is 1. The number of rotatable bonds is 6. The second-order valence-corrected chi connectivity index (χ2v) is 7.07. The minimum atomic E-state index is -0.436. The summed E-state index contributed by atoms with van der Waals surface area (Å²) < 4.78 is 7.10. The fourth-order valence-corrected chi connectivity index (χ4v) is 4.04. The van der Waals surface area contributed by atoms with Gasteiger partial charge in [-0.1, -0.05) is 29.8 Å². The molecule has 0 fully saturated rings. The molecule has 0 saturated carbocycles. The third-order valence-electron chi connectivity index (χ3n) is 5.03. The Bertz CT molecular complexity index is 1110. The number of methoxy groups -OCH3 is 1. The molecule has 0 spiro atoms. The lowest BCUT2D eigenvalue weighted by atomic mass is 9.94. The number of nitrogens with one attached hydrogen (secondary N) is 1. The fourth-order valence-electron chi connectivity index (χ4n) is 3.81. The molecule has 0 bridgehead atoms. The molecule has 0 atom stereocenters. The van der Waals surface area contributed by atoms with Gasteiger partial charge in [0.15, 0.2) is 0 Å². The van der Waals surface area contributed by atoms with Crippen LogP contribution in [0.3, 0.4) is 0 Å². The van der Waals surface area contributed by atoms with Gasteiger partial charge in [-0.2, -0.15) is 0 Å². The highest BCUT2D eigenvalue weighted by Gasteiger charge is 2.34. The summed E-state index contributed by atoms with van der Waals surface area (Å²) in [6, 6.07) is 10.9. The van der Waals surface area contributed by atoms with Crippen molar-refractivity contribution in [1.29, 1.82) is 0 Å². The van der Waals surface area contributed by atoms with Crippen LogP contribution in [-0.2, 0) is 17.9 Å². The van der Waals surface area contributed by atoms with E-state index in [1.807, 2.05) is 28.8 Å². The normalized spacial score (nSPS) is 13.2. The molecule has 1 aliphatic rings. The number of amides is 2. The number of aromatic nitrogens is 1. The van der Waals surface area contributed by atoms with E-state index in [4.69, 9.17) is 16.3 Å². The van der Waals surface area contributed by atoms with Crippen LogP contribution in [0.5, 0.6) is 0 Å². The van der Waals surface area contributed by atoms with Gasteiger partial charge in [-0.3, -0.25) is 14.9 Å². The molecule has 1 aromatic heterocycles. The summed E-state index contributed by atoms with van der Waals surface area (Å²) in [6.45, 7) is 1.02. The Labute approximate surface area is 168 Å². The number of fused-ring (bicyclic) bond motifs is 3. The fraction of sp³-hybridized carbons (Fsp3) is 0.238. The molecular formula is C21H21ClN2O4. The van der Waals surface area contributed by atoms with Crippen molar-refractivity contribution < 1.29 is 20.9 Å². The van der Waals surface area contributed by atoms with Gasteiger partial charge < -0.3 is 14.4 Å². The van der Waals surface area contributed by atoms with E-state index in [0.29, 0.717) is 51.5 Å². The lowest BCUT2D eigenvalue weighted by Crippen LogP contribution is -2.20. The van der Waals surface area contributed by atoms with Gasteiger partial charge in [-0.15, -0.1) is 0 Å². The van der Waals surface area contributed by atoms with Crippen molar-refractivity contribution in [2.45, 2.75) is 19.6 Å². The lowest BCUT2D eigenvalue weighted by Gasteiger charge is -2.13. The van der Waals surface area contributed by atoms with Crippen LogP contribution in [0.4, 0.5) is 0 Å². The number of benzene rings is 2. The van der Waals surface area contributed by atoms with E-state index < -0.39 is 11.8 Å². The zero-order valence-corrected chi connectivity index (χ0v) is 16.0. The Kier molecular flexibility index (Phi) is 4.93. The zero-order chi connectivity index (χ0) is 19.8. The maximum Gasteiger partial charge on any atom is 0.259 e. The van der Waals surface area contributed by atoms with Crippen molar-refractivity contribution in [3.05, 3.63) is 58.2 Å². The summed E-state index contributed by atoms with van der Waals surface area (Å²) in [5.41, 5.74) is 3.39. The minimum Gasteiger partial charge on any atom is -0.390 e.